The van der Waals surface area contributed by atoms with Gasteiger partial charge >= 0.3 is 0 Å². The molecule has 7 nitrogen and oxygen atoms in total. The average molecular weight is 371 g/mol. The Morgan fingerprint density at radius 1 is 1.00 bits per heavy atom. The van der Waals surface area contributed by atoms with E-state index < -0.39 is 23.3 Å². The molecule has 0 saturated heterocycles. The van der Waals surface area contributed by atoms with Crippen LogP contribution in [0.25, 0.3) is 16.5 Å². The number of imide groups is 1. The number of ether oxygens (including phenoxy) is 1. The molecule has 0 fully saturated rings. The number of likely N-dealkylation sites (N-methyl/N-ethyl adjacent to an activating group) is 1. The van der Waals surface area contributed by atoms with E-state index in [9.17, 15) is 14.4 Å². The molecule has 6 rings (SSSR count). The Kier molecular flexibility index (Phi) is 2.55. The van der Waals surface area contributed by atoms with Crippen LogP contribution in [0.4, 0.5) is 5.69 Å². The maximum atomic E-state index is 13.3. The van der Waals surface area contributed by atoms with Crippen molar-refractivity contribution in [2.75, 3.05) is 12.4 Å². The maximum Gasteiger partial charge on any atom is 0.278 e. The van der Waals surface area contributed by atoms with Gasteiger partial charge in [0.25, 0.3) is 17.7 Å². The molecule has 1 spiro atoms. The molecule has 1 unspecified atom stereocenters. The summed E-state index contributed by atoms with van der Waals surface area (Å²) in [6, 6.07) is 12.5. The van der Waals surface area contributed by atoms with E-state index in [0.29, 0.717) is 28.0 Å². The molecule has 0 bridgehead atoms. The monoisotopic (exact) mass is 371 g/mol. The van der Waals surface area contributed by atoms with Crippen molar-refractivity contribution in [2.45, 2.75) is 5.60 Å². The summed E-state index contributed by atoms with van der Waals surface area (Å²) >= 11 is 0. The van der Waals surface area contributed by atoms with E-state index in [1.807, 2.05) is 6.07 Å². The van der Waals surface area contributed by atoms with Crippen molar-refractivity contribution in [1.29, 1.82) is 0 Å². The standard InChI is InChI=1S/C21H13N3O4/c1-24-18(25)16-10-9-22-13-7-4-8-14(15(10)13)28-21(17(16)19(24)26)11-5-2-3-6-12(11)23-20(21)27/h2-9,22H,1H3,(H,23,27). The number of anilines is 1. The Bertz CT molecular complexity index is 1300. The lowest BCUT2D eigenvalue weighted by atomic mass is 9.83. The van der Waals surface area contributed by atoms with Gasteiger partial charge in [-0.3, -0.25) is 19.3 Å². The van der Waals surface area contributed by atoms with Crippen LogP contribution in [0.5, 0.6) is 5.75 Å². The first kappa shape index (κ1) is 15.2. The smallest absolute Gasteiger partial charge is 0.278 e. The van der Waals surface area contributed by atoms with Gasteiger partial charge in [0, 0.05) is 41.0 Å². The van der Waals surface area contributed by atoms with Gasteiger partial charge in [0.1, 0.15) is 5.75 Å². The summed E-state index contributed by atoms with van der Waals surface area (Å²) in [5.74, 6) is -1.02. The van der Waals surface area contributed by atoms with E-state index in [2.05, 4.69) is 10.3 Å². The highest BCUT2D eigenvalue weighted by Crippen LogP contribution is 2.53. The molecular formula is C21H13N3O4. The van der Waals surface area contributed by atoms with Crippen LogP contribution >= 0.6 is 0 Å². The van der Waals surface area contributed by atoms with Crippen molar-refractivity contribution in [1.82, 2.24) is 9.88 Å². The zero-order valence-electron chi connectivity index (χ0n) is 14.7. The third-order valence-electron chi connectivity index (χ3n) is 5.71. The third-order valence-corrected chi connectivity index (χ3v) is 5.71. The van der Waals surface area contributed by atoms with E-state index in [0.717, 1.165) is 10.4 Å². The van der Waals surface area contributed by atoms with E-state index in [-0.39, 0.29) is 11.1 Å². The Morgan fingerprint density at radius 2 is 1.82 bits per heavy atom. The van der Waals surface area contributed by atoms with Crippen LogP contribution in [0.15, 0.2) is 54.2 Å². The molecule has 0 saturated carbocycles. The molecule has 0 aliphatic carbocycles. The zero-order chi connectivity index (χ0) is 19.2. The number of rotatable bonds is 0. The van der Waals surface area contributed by atoms with E-state index in [1.54, 1.807) is 42.6 Å². The lowest BCUT2D eigenvalue weighted by Crippen LogP contribution is -2.45. The summed E-state index contributed by atoms with van der Waals surface area (Å²) in [5.41, 5.74) is 0.957. The highest BCUT2D eigenvalue weighted by atomic mass is 16.5. The lowest BCUT2D eigenvalue weighted by molar-refractivity contribution is -0.138. The molecule has 3 amide bonds. The minimum absolute atomic E-state index is 0.0551. The summed E-state index contributed by atoms with van der Waals surface area (Å²) in [5, 5.41) is 3.49. The molecular weight excluding hydrogens is 358 g/mol. The Balaban J connectivity index is 1.81. The first-order valence-corrected chi connectivity index (χ1v) is 8.81. The normalized spacial score (nSPS) is 22.5. The summed E-state index contributed by atoms with van der Waals surface area (Å²) in [6.45, 7) is 0. The number of hydrogen-bond donors (Lipinski definition) is 2. The predicted octanol–water partition coefficient (Wildman–Crippen LogP) is 2.16. The second-order valence-electron chi connectivity index (χ2n) is 7.08. The van der Waals surface area contributed by atoms with Gasteiger partial charge in [-0.15, -0.1) is 0 Å². The second-order valence-corrected chi connectivity index (χ2v) is 7.08. The number of hydrogen-bond acceptors (Lipinski definition) is 4. The fourth-order valence-corrected chi connectivity index (χ4v) is 4.45. The first-order chi connectivity index (χ1) is 13.5. The molecule has 136 valence electrons. The van der Waals surface area contributed by atoms with Crippen LogP contribution in [-0.4, -0.2) is 34.7 Å². The lowest BCUT2D eigenvalue weighted by Gasteiger charge is -2.29. The number of carbonyl (C=O) groups excluding carboxylic acids is 3. The van der Waals surface area contributed by atoms with Gasteiger partial charge in [-0.25, -0.2) is 0 Å². The number of benzene rings is 2. The molecule has 1 atom stereocenters. The molecule has 28 heavy (non-hydrogen) atoms. The van der Waals surface area contributed by atoms with E-state index >= 15 is 0 Å². The van der Waals surface area contributed by atoms with Crippen molar-refractivity contribution in [3.63, 3.8) is 0 Å². The van der Waals surface area contributed by atoms with Crippen LogP contribution in [0, 0.1) is 0 Å². The Morgan fingerprint density at radius 3 is 2.68 bits per heavy atom. The molecule has 2 aromatic carbocycles. The Labute approximate surface area is 158 Å². The third kappa shape index (κ3) is 1.50. The van der Waals surface area contributed by atoms with Crippen molar-refractivity contribution in [2.24, 2.45) is 0 Å². The van der Waals surface area contributed by atoms with Gasteiger partial charge in [0.05, 0.1) is 11.1 Å². The molecule has 0 radical (unpaired) electrons. The zero-order valence-corrected chi connectivity index (χ0v) is 14.7. The molecule has 4 heterocycles. The van der Waals surface area contributed by atoms with Crippen LogP contribution in [-0.2, 0) is 20.0 Å². The molecule has 2 N–H and O–H groups in total. The number of nitrogens with zero attached hydrogens (tertiary/aromatic N) is 1. The summed E-state index contributed by atoms with van der Waals surface area (Å²) < 4.78 is 6.37. The number of aromatic nitrogens is 1. The van der Waals surface area contributed by atoms with Gasteiger partial charge < -0.3 is 15.0 Å². The van der Waals surface area contributed by atoms with E-state index in [4.69, 9.17) is 4.74 Å². The number of H-pyrrole nitrogens is 1. The highest BCUT2D eigenvalue weighted by Gasteiger charge is 2.60. The molecule has 3 aromatic rings. The second kappa shape index (κ2) is 4.69. The van der Waals surface area contributed by atoms with E-state index in [1.165, 1.54) is 7.05 Å². The number of aromatic amines is 1. The Hall–Kier alpha value is -3.87. The van der Waals surface area contributed by atoms with Crippen LogP contribution in [0.2, 0.25) is 0 Å². The van der Waals surface area contributed by atoms with Gasteiger partial charge in [0.15, 0.2) is 0 Å². The maximum absolute atomic E-state index is 13.3. The van der Waals surface area contributed by atoms with Crippen LogP contribution in [0.1, 0.15) is 11.1 Å². The number of carbonyl (C=O) groups is 3. The van der Waals surface area contributed by atoms with Gasteiger partial charge in [-0.05, 0) is 18.2 Å². The molecule has 3 aliphatic heterocycles. The minimum Gasteiger partial charge on any atom is -0.467 e. The summed E-state index contributed by atoms with van der Waals surface area (Å²) in [6.07, 6.45) is 1.69. The fraction of sp³-hybridized carbons (Fsp3) is 0.0952. The number of nitrogens with one attached hydrogen (secondary N) is 2. The highest BCUT2D eigenvalue weighted by molar-refractivity contribution is 6.40. The molecule has 1 aromatic heterocycles. The fourth-order valence-electron chi connectivity index (χ4n) is 4.45. The SMILES string of the molecule is CN1C(=O)C2=C(C1=O)C1(Oc3cccc4[nH]cc2c34)C(=O)Nc2ccccc21. The summed E-state index contributed by atoms with van der Waals surface area (Å²) in [7, 11) is 1.42. The molecule has 3 aliphatic rings. The largest absolute Gasteiger partial charge is 0.467 e. The van der Waals surface area contributed by atoms with Crippen molar-refractivity contribution < 1.29 is 19.1 Å². The van der Waals surface area contributed by atoms with Crippen molar-refractivity contribution >= 4 is 39.9 Å². The molecule has 7 heteroatoms. The van der Waals surface area contributed by atoms with Gasteiger partial charge in [-0.1, -0.05) is 24.3 Å². The van der Waals surface area contributed by atoms with Gasteiger partial charge in [0.2, 0.25) is 5.60 Å². The van der Waals surface area contributed by atoms with Crippen LogP contribution < -0.4 is 10.1 Å². The van der Waals surface area contributed by atoms with Crippen molar-refractivity contribution in [3.8, 4) is 5.75 Å². The predicted molar refractivity (Wildman–Crippen MR) is 100 cm³/mol. The van der Waals surface area contributed by atoms with Gasteiger partial charge in [-0.2, -0.15) is 0 Å². The first-order valence-electron chi connectivity index (χ1n) is 8.81. The topological polar surface area (TPSA) is 91.5 Å². The van der Waals surface area contributed by atoms with Crippen molar-refractivity contribution in [3.05, 3.63) is 65.4 Å². The number of fused-ring (bicyclic) bond motifs is 4. The quantitative estimate of drug-likeness (QED) is 0.593. The van der Waals surface area contributed by atoms with Crippen LogP contribution in [0.3, 0.4) is 0 Å². The number of amides is 3. The number of para-hydroxylation sites is 1. The minimum atomic E-state index is -1.72. The average Bonchev–Trinajstić information content (AvgIpc) is 3.27. The summed E-state index contributed by atoms with van der Waals surface area (Å²) in [4.78, 5) is 43.7.